The van der Waals surface area contributed by atoms with Gasteiger partial charge in [-0.05, 0) is 42.0 Å². The summed E-state index contributed by atoms with van der Waals surface area (Å²) in [6.45, 7) is 0. The van der Waals surface area contributed by atoms with Crippen LogP contribution in [-0.2, 0) is 15.8 Å². The van der Waals surface area contributed by atoms with Crippen molar-refractivity contribution in [2.24, 2.45) is 0 Å². The standard InChI is InChI=1S/C19H13ClF3NO4/c1-27-13-8-3-10(9-14(13)28-2)15-16(20)18(26)24(17(15)25)12-6-4-11(5-7-12)19(21,22)23/h3-9H,1-2H3. The van der Waals surface area contributed by atoms with E-state index >= 15 is 0 Å². The van der Waals surface area contributed by atoms with Gasteiger partial charge in [-0.25, -0.2) is 4.90 Å². The van der Waals surface area contributed by atoms with Crippen molar-refractivity contribution in [2.45, 2.75) is 6.18 Å². The molecule has 1 aliphatic rings. The molecule has 0 aliphatic carbocycles. The van der Waals surface area contributed by atoms with Crippen molar-refractivity contribution in [1.82, 2.24) is 0 Å². The second-order valence-corrected chi connectivity index (χ2v) is 6.13. The summed E-state index contributed by atoms with van der Waals surface area (Å²) >= 11 is 6.09. The van der Waals surface area contributed by atoms with Crippen molar-refractivity contribution < 1.29 is 32.2 Å². The van der Waals surface area contributed by atoms with Crippen LogP contribution in [0, 0.1) is 0 Å². The van der Waals surface area contributed by atoms with Crippen LogP contribution < -0.4 is 14.4 Å². The van der Waals surface area contributed by atoms with Crippen molar-refractivity contribution in [1.29, 1.82) is 0 Å². The highest BCUT2D eigenvalue weighted by Crippen LogP contribution is 2.39. The predicted octanol–water partition coefficient (Wildman–Crippen LogP) is 4.25. The highest BCUT2D eigenvalue weighted by molar-refractivity contribution is 6.60. The fourth-order valence-corrected chi connectivity index (χ4v) is 3.05. The van der Waals surface area contributed by atoms with E-state index < -0.39 is 23.6 Å². The molecule has 9 heteroatoms. The van der Waals surface area contributed by atoms with E-state index in [0.717, 1.165) is 29.2 Å². The van der Waals surface area contributed by atoms with Crippen molar-refractivity contribution in [3.8, 4) is 11.5 Å². The fourth-order valence-electron chi connectivity index (χ4n) is 2.78. The zero-order valence-electron chi connectivity index (χ0n) is 14.6. The van der Waals surface area contributed by atoms with Crippen LogP contribution >= 0.6 is 11.6 Å². The lowest BCUT2D eigenvalue weighted by Gasteiger charge is -2.16. The van der Waals surface area contributed by atoms with E-state index in [4.69, 9.17) is 21.1 Å². The van der Waals surface area contributed by atoms with Crippen LogP contribution in [0.4, 0.5) is 18.9 Å². The molecule has 28 heavy (non-hydrogen) atoms. The molecule has 3 rings (SSSR count). The molecule has 5 nitrogen and oxygen atoms in total. The number of nitrogens with zero attached hydrogens (tertiary/aromatic N) is 1. The van der Waals surface area contributed by atoms with Gasteiger partial charge in [0.15, 0.2) is 11.5 Å². The fraction of sp³-hybridized carbons (Fsp3) is 0.158. The van der Waals surface area contributed by atoms with Crippen LogP contribution in [0.1, 0.15) is 11.1 Å². The summed E-state index contributed by atoms with van der Waals surface area (Å²) in [7, 11) is 2.86. The van der Waals surface area contributed by atoms with Gasteiger partial charge in [0.05, 0.1) is 31.0 Å². The van der Waals surface area contributed by atoms with E-state index in [2.05, 4.69) is 0 Å². The molecule has 1 aliphatic heterocycles. The number of alkyl halides is 3. The van der Waals surface area contributed by atoms with Crippen LogP contribution in [0.5, 0.6) is 11.5 Å². The first-order valence-corrected chi connectivity index (χ1v) is 8.25. The number of methoxy groups -OCH3 is 2. The lowest BCUT2D eigenvalue weighted by molar-refractivity contribution is -0.137. The molecular formula is C19H13ClF3NO4. The molecule has 0 bridgehead atoms. The van der Waals surface area contributed by atoms with Crippen LogP contribution in [-0.4, -0.2) is 26.0 Å². The largest absolute Gasteiger partial charge is 0.493 e. The Morgan fingerprint density at radius 2 is 1.50 bits per heavy atom. The summed E-state index contributed by atoms with van der Waals surface area (Å²) in [5.41, 5.74) is -0.672. The van der Waals surface area contributed by atoms with Crippen LogP contribution in [0.15, 0.2) is 47.5 Å². The average Bonchev–Trinajstić information content (AvgIpc) is 2.89. The Morgan fingerprint density at radius 1 is 0.893 bits per heavy atom. The van der Waals surface area contributed by atoms with Gasteiger partial charge in [-0.15, -0.1) is 0 Å². The van der Waals surface area contributed by atoms with Gasteiger partial charge in [-0.1, -0.05) is 17.7 Å². The maximum atomic E-state index is 12.8. The lowest BCUT2D eigenvalue weighted by atomic mass is 10.1. The van der Waals surface area contributed by atoms with Gasteiger partial charge in [0.1, 0.15) is 5.03 Å². The van der Waals surface area contributed by atoms with E-state index in [9.17, 15) is 22.8 Å². The van der Waals surface area contributed by atoms with Crippen molar-refractivity contribution in [3.05, 3.63) is 58.6 Å². The molecule has 2 amide bonds. The molecule has 0 radical (unpaired) electrons. The minimum atomic E-state index is -4.53. The predicted molar refractivity (Wildman–Crippen MR) is 96.3 cm³/mol. The quantitative estimate of drug-likeness (QED) is 0.706. The number of ether oxygens (including phenoxy) is 2. The second-order valence-electron chi connectivity index (χ2n) is 5.75. The highest BCUT2D eigenvalue weighted by Gasteiger charge is 2.40. The maximum Gasteiger partial charge on any atom is 0.416 e. The molecular weight excluding hydrogens is 399 g/mol. The zero-order valence-corrected chi connectivity index (χ0v) is 15.4. The molecule has 0 unspecified atom stereocenters. The molecule has 0 fully saturated rings. The van der Waals surface area contributed by atoms with Crippen molar-refractivity contribution in [3.63, 3.8) is 0 Å². The van der Waals surface area contributed by atoms with Crippen molar-refractivity contribution in [2.75, 3.05) is 19.1 Å². The number of halogens is 4. The number of hydrogen-bond acceptors (Lipinski definition) is 4. The number of hydrogen-bond donors (Lipinski definition) is 0. The first-order valence-electron chi connectivity index (χ1n) is 7.87. The summed E-state index contributed by atoms with van der Waals surface area (Å²) in [4.78, 5) is 26.1. The van der Waals surface area contributed by atoms with Gasteiger partial charge in [0.25, 0.3) is 11.8 Å². The lowest BCUT2D eigenvalue weighted by Crippen LogP contribution is -2.31. The maximum absolute atomic E-state index is 12.8. The number of carbonyl (C=O) groups is 2. The first-order chi connectivity index (χ1) is 13.2. The van der Waals surface area contributed by atoms with Gasteiger partial charge in [-0.3, -0.25) is 9.59 Å². The molecule has 2 aromatic rings. The van der Waals surface area contributed by atoms with E-state index in [1.807, 2.05) is 0 Å². The Hall–Kier alpha value is -3.00. The third-order valence-corrected chi connectivity index (χ3v) is 4.50. The second kappa shape index (κ2) is 7.20. The summed E-state index contributed by atoms with van der Waals surface area (Å²) in [6, 6.07) is 8.22. The normalized spacial score (nSPS) is 14.7. The molecule has 0 saturated carbocycles. The van der Waals surface area contributed by atoms with Crippen LogP contribution in [0.2, 0.25) is 0 Å². The Kier molecular flexibility index (Phi) is 5.08. The third-order valence-electron chi connectivity index (χ3n) is 4.15. The number of anilines is 1. The van der Waals surface area contributed by atoms with E-state index in [1.54, 1.807) is 6.07 Å². The Bertz CT molecular complexity index is 984. The van der Waals surface area contributed by atoms with Crippen LogP contribution in [0.25, 0.3) is 5.57 Å². The van der Waals surface area contributed by atoms with Gasteiger partial charge < -0.3 is 9.47 Å². The summed E-state index contributed by atoms with van der Waals surface area (Å²) in [5.74, 6) is -0.831. The van der Waals surface area contributed by atoms with Gasteiger partial charge in [-0.2, -0.15) is 13.2 Å². The molecule has 0 aromatic heterocycles. The first kappa shape index (κ1) is 19.8. The minimum Gasteiger partial charge on any atom is -0.493 e. The van der Waals surface area contributed by atoms with Gasteiger partial charge in [0, 0.05) is 0 Å². The van der Waals surface area contributed by atoms with Gasteiger partial charge >= 0.3 is 6.18 Å². The molecule has 0 saturated heterocycles. The molecule has 1 heterocycles. The molecule has 0 atom stereocenters. The number of benzene rings is 2. The Morgan fingerprint density at radius 3 is 2.04 bits per heavy atom. The van der Waals surface area contributed by atoms with Crippen molar-refractivity contribution >= 4 is 34.7 Å². The SMILES string of the molecule is COc1ccc(C2=C(Cl)C(=O)N(c3ccc(C(F)(F)F)cc3)C2=O)cc1OC. The zero-order chi connectivity index (χ0) is 20.6. The summed E-state index contributed by atoms with van der Waals surface area (Å²) in [6.07, 6.45) is -4.53. The Labute approximate surface area is 162 Å². The molecule has 146 valence electrons. The number of amides is 2. The number of imide groups is 1. The molecule has 0 spiro atoms. The molecule has 2 aromatic carbocycles. The minimum absolute atomic E-state index is 0.0170. The number of rotatable bonds is 4. The number of carbonyl (C=O) groups excluding carboxylic acids is 2. The van der Waals surface area contributed by atoms with Gasteiger partial charge in [0.2, 0.25) is 0 Å². The average molecular weight is 412 g/mol. The smallest absolute Gasteiger partial charge is 0.416 e. The Balaban J connectivity index is 1.99. The topological polar surface area (TPSA) is 55.8 Å². The van der Waals surface area contributed by atoms with Crippen LogP contribution in [0.3, 0.4) is 0 Å². The summed E-state index contributed by atoms with van der Waals surface area (Å²) < 4.78 is 48.5. The van der Waals surface area contributed by atoms with E-state index in [-0.39, 0.29) is 16.3 Å². The molecule has 0 N–H and O–H groups in total. The third kappa shape index (κ3) is 3.31. The monoisotopic (exact) mass is 411 g/mol. The van der Waals surface area contributed by atoms with E-state index in [0.29, 0.717) is 17.1 Å². The van der Waals surface area contributed by atoms with E-state index in [1.165, 1.54) is 26.4 Å². The summed E-state index contributed by atoms with van der Waals surface area (Å²) in [5, 5.41) is -0.336. The highest BCUT2D eigenvalue weighted by atomic mass is 35.5.